The van der Waals surface area contributed by atoms with E-state index in [0.29, 0.717) is 17.3 Å². The quantitative estimate of drug-likeness (QED) is 0.696. The number of rotatable bonds is 3. The number of aromatic nitrogens is 2. The minimum Gasteiger partial charge on any atom is -0.504 e. The lowest BCUT2D eigenvalue weighted by molar-refractivity contribution is -0.116. The summed E-state index contributed by atoms with van der Waals surface area (Å²) in [6, 6.07) is 11.3. The van der Waals surface area contributed by atoms with Crippen molar-refractivity contribution in [3.05, 3.63) is 65.5 Å². The van der Waals surface area contributed by atoms with Gasteiger partial charge in [0.2, 0.25) is 5.91 Å². The van der Waals surface area contributed by atoms with Crippen molar-refractivity contribution in [3.63, 3.8) is 0 Å². The van der Waals surface area contributed by atoms with Crippen molar-refractivity contribution < 1.29 is 14.6 Å². The van der Waals surface area contributed by atoms with Crippen LogP contribution in [-0.2, 0) is 4.79 Å². The van der Waals surface area contributed by atoms with Gasteiger partial charge in [0.25, 0.3) is 0 Å². The van der Waals surface area contributed by atoms with Crippen LogP contribution in [0.5, 0.6) is 11.5 Å². The molecule has 3 aromatic rings. The number of aromatic hydroxyl groups is 1. The summed E-state index contributed by atoms with van der Waals surface area (Å²) in [6.07, 6.45) is 3.77. The molecule has 0 aliphatic carbocycles. The third-order valence-electron chi connectivity index (χ3n) is 4.74. The molecule has 2 N–H and O–H groups in total. The summed E-state index contributed by atoms with van der Waals surface area (Å²) in [7, 11) is 1.47. The highest BCUT2D eigenvalue weighted by molar-refractivity contribution is 5.96. The van der Waals surface area contributed by atoms with Gasteiger partial charge >= 0.3 is 0 Å². The van der Waals surface area contributed by atoms with Gasteiger partial charge in [-0.3, -0.25) is 4.79 Å². The standard InChI is InChI=1S/C21H19N3O3/c1-12-4-3-5-13(6-12)21-22-10-14(11-23-21)15-8-20(26)24-17-9-19(27-2)18(25)7-16(15)17/h3-7,9-11,15,25H,8H2,1-2H3,(H,24,26)/t15-/m0/s1. The SMILES string of the molecule is COc1cc2c(cc1O)[C@H](c1cnc(-c3cccc(C)c3)nc1)CC(=O)N2. The first-order valence-electron chi connectivity index (χ1n) is 8.65. The Balaban J connectivity index is 1.72. The number of phenols is 1. The molecule has 27 heavy (non-hydrogen) atoms. The van der Waals surface area contributed by atoms with Crippen molar-refractivity contribution in [1.82, 2.24) is 9.97 Å². The van der Waals surface area contributed by atoms with E-state index >= 15 is 0 Å². The summed E-state index contributed by atoms with van der Waals surface area (Å²) in [5, 5.41) is 13.0. The number of benzene rings is 2. The van der Waals surface area contributed by atoms with E-state index in [4.69, 9.17) is 4.74 Å². The number of anilines is 1. The number of ether oxygens (including phenoxy) is 1. The first kappa shape index (κ1) is 17.0. The van der Waals surface area contributed by atoms with Crippen LogP contribution in [0.15, 0.2) is 48.8 Å². The number of nitrogens with one attached hydrogen (secondary N) is 1. The molecule has 1 aliphatic heterocycles. The number of phenolic OH excluding ortho intramolecular Hbond substituents is 1. The molecule has 0 bridgehead atoms. The Morgan fingerprint density at radius 3 is 2.67 bits per heavy atom. The minimum atomic E-state index is -0.225. The topological polar surface area (TPSA) is 84.3 Å². The molecule has 0 saturated heterocycles. The lowest BCUT2D eigenvalue weighted by Gasteiger charge is -2.26. The van der Waals surface area contributed by atoms with E-state index in [0.717, 1.165) is 22.3 Å². The van der Waals surface area contributed by atoms with Gasteiger partial charge in [-0.2, -0.15) is 0 Å². The van der Waals surface area contributed by atoms with Gasteiger partial charge in [0.05, 0.1) is 7.11 Å². The van der Waals surface area contributed by atoms with Gasteiger partial charge in [-0.1, -0.05) is 23.8 Å². The molecule has 1 aliphatic rings. The predicted molar refractivity (Wildman–Crippen MR) is 102 cm³/mol. The number of hydrogen-bond donors (Lipinski definition) is 2. The molecule has 0 fully saturated rings. The van der Waals surface area contributed by atoms with Gasteiger partial charge in [-0.15, -0.1) is 0 Å². The van der Waals surface area contributed by atoms with Gasteiger partial charge in [-0.25, -0.2) is 9.97 Å². The predicted octanol–water partition coefficient (Wildman–Crippen LogP) is 3.64. The molecule has 1 aromatic heterocycles. The fraction of sp³-hybridized carbons (Fsp3) is 0.190. The fourth-order valence-electron chi connectivity index (χ4n) is 3.39. The van der Waals surface area contributed by atoms with Gasteiger partial charge in [0.1, 0.15) is 0 Å². The van der Waals surface area contributed by atoms with E-state index in [2.05, 4.69) is 15.3 Å². The summed E-state index contributed by atoms with van der Waals surface area (Å²) in [6.45, 7) is 2.02. The Kier molecular flexibility index (Phi) is 4.24. The number of amides is 1. The molecular formula is C21H19N3O3. The summed E-state index contributed by atoms with van der Waals surface area (Å²) in [5.41, 5.74) is 4.37. The van der Waals surface area contributed by atoms with E-state index < -0.39 is 0 Å². The monoisotopic (exact) mass is 361 g/mol. The van der Waals surface area contributed by atoms with Crippen molar-refractivity contribution >= 4 is 11.6 Å². The van der Waals surface area contributed by atoms with Crippen LogP contribution >= 0.6 is 0 Å². The smallest absolute Gasteiger partial charge is 0.225 e. The van der Waals surface area contributed by atoms with Gasteiger partial charge in [-0.05, 0) is 30.2 Å². The Morgan fingerprint density at radius 2 is 1.96 bits per heavy atom. The van der Waals surface area contributed by atoms with E-state index in [-0.39, 0.29) is 24.0 Å². The molecular weight excluding hydrogens is 342 g/mol. The van der Waals surface area contributed by atoms with Gasteiger partial charge < -0.3 is 15.2 Å². The van der Waals surface area contributed by atoms with Crippen molar-refractivity contribution in [2.45, 2.75) is 19.3 Å². The number of methoxy groups -OCH3 is 1. The first-order valence-corrected chi connectivity index (χ1v) is 8.65. The molecule has 1 amide bonds. The van der Waals surface area contributed by atoms with Crippen LogP contribution in [0.25, 0.3) is 11.4 Å². The zero-order valence-corrected chi connectivity index (χ0v) is 15.1. The molecule has 2 heterocycles. The highest BCUT2D eigenvalue weighted by atomic mass is 16.5. The summed E-state index contributed by atoms with van der Waals surface area (Å²) >= 11 is 0. The third-order valence-corrected chi connectivity index (χ3v) is 4.74. The lowest BCUT2D eigenvalue weighted by Crippen LogP contribution is -2.23. The maximum atomic E-state index is 12.2. The van der Waals surface area contributed by atoms with Crippen LogP contribution in [-0.4, -0.2) is 28.1 Å². The first-order chi connectivity index (χ1) is 13.0. The number of fused-ring (bicyclic) bond motifs is 1. The highest BCUT2D eigenvalue weighted by Gasteiger charge is 2.28. The number of carbonyl (C=O) groups excluding carboxylic acids is 1. The maximum Gasteiger partial charge on any atom is 0.225 e. The van der Waals surface area contributed by atoms with Crippen LogP contribution in [0, 0.1) is 6.92 Å². The zero-order valence-electron chi connectivity index (χ0n) is 15.1. The van der Waals surface area contributed by atoms with Crippen molar-refractivity contribution in [1.29, 1.82) is 0 Å². The molecule has 0 saturated carbocycles. The number of hydrogen-bond acceptors (Lipinski definition) is 5. The fourth-order valence-corrected chi connectivity index (χ4v) is 3.39. The molecule has 1 atom stereocenters. The lowest BCUT2D eigenvalue weighted by atomic mass is 9.86. The molecule has 0 spiro atoms. The average molecular weight is 361 g/mol. The molecule has 0 unspecified atom stereocenters. The van der Waals surface area contributed by atoms with Crippen molar-refractivity contribution in [3.8, 4) is 22.9 Å². The molecule has 0 radical (unpaired) electrons. The van der Waals surface area contributed by atoms with Crippen LogP contribution in [0.4, 0.5) is 5.69 Å². The normalized spacial score (nSPS) is 15.8. The molecule has 6 nitrogen and oxygen atoms in total. The van der Waals surface area contributed by atoms with E-state index in [1.54, 1.807) is 24.5 Å². The number of aryl methyl sites for hydroxylation is 1. The minimum absolute atomic E-state index is 0.0368. The van der Waals surface area contributed by atoms with E-state index in [9.17, 15) is 9.90 Å². The third kappa shape index (κ3) is 3.21. The maximum absolute atomic E-state index is 12.2. The molecule has 136 valence electrons. The highest BCUT2D eigenvalue weighted by Crippen LogP contribution is 2.42. The number of nitrogens with zero attached hydrogens (tertiary/aromatic N) is 2. The molecule has 6 heteroatoms. The van der Waals surface area contributed by atoms with Crippen LogP contribution in [0.1, 0.15) is 29.0 Å². The summed E-state index contributed by atoms with van der Waals surface area (Å²) < 4.78 is 5.14. The second-order valence-electron chi connectivity index (χ2n) is 6.63. The van der Waals surface area contributed by atoms with Crippen LogP contribution < -0.4 is 10.1 Å². The summed E-state index contributed by atoms with van der Waals surface area (Å²) in [5.74, 6) is 0.677. The Bertz CT molecular complexity index is 1020. The summed E-state index contributed by atoms with van der Waals surface area (Å²) in [4.78, 5) is 21.1. The van der Waals surface area contributed by atoms with Crippen LogP contribution in [0.2, 0.25) is 0 Å². The molecule has 4 rings (SSSR count). The Labute approximate surface area is 156 Å². The van der Waals surface area contributed by atoms with E-state index in [1.165, 1.54) is 7.11 Å². The van der Waals surface area contributed by atoms with E-state index in [1.807, 2.05) is 31.2 Å². The molecule has 2 aromatic carbocycles. The van der Waals surface area contributed by atoms with Gasteiger partial charge in [0.15, 0.2) is 17.3 Å². The largest absolute Gasteiger partial charge is 0.504 e. The average Bonchev–Trinajstić information content (AvgIpc) is 2.67. The second-order valence-corrected chi connectivity index (χ2v) is 6.63. The van der Waals surface area contributed by atoms with Crippen molar-refractivity contribution in [2.75, 3.05) is 12.4 Å². The van der Waals surface area contributed by atoms with Gasteiger partial charge in [0, 0.05) is 42.0 Å². The zero-order chi connectivity index (χ0) is 19.0. The Morgan fingerprint density at radius 1 is 1.19 bits per heavy atom. The van der Waals surface area contributed by atoms with Crippen molar-refractivity contribution in [2.24, 2.45) is 0 Å². The number of carbonyl (C=O) groups is 1. The second kappa shape index (κ2) is 6.72. The van der Waals surface area contributed by atoms with Crippen LogP contribution in [0.3, 0.4) is 0 Å². The Hall–Kier alpha value is -3.41.